The molecule has 0 N–H and O–H groups in total. The van der Waals surface area contributed by atoms with Crippen LogP contribution in [0.15, 0.2) is 60.7 Å². The number of benzene rings is 2. The van der Waals surface area contributed by atoms with Crippen molar-refractivity contribution in [1.29, 1.82) is 0 Å². The van der Waals surface area contributed by atoms with E-state index < -0.39 is 0 Å². The highest BCUT2D eigenvalue weighted by atomic mass is 16.5. The van der Waals surface area contributed by atoms with Crippen LogP contribution in [-0.4, -0.2) is 5.78 Å². The predicted octanol–water partition coefficient (Wildman–Crippen LogP) is 3.56. The van der Waals surface area contributed by atoms with E-state index in [0.29, 0.717) is 29.9 Å². The quantitative estimate of drug-likeness (QED) is 0.778. The van der Waals surface area contributed by atoms with E-state index in [1.165, 1.54) is 0 Å². The fraction of sp³-hybridized carbons (Fsp3) is 0.118. The highest BCUT2D eigenvalue weighted by molar-refractivity contribution is 6.14. The van der Waals surface area contributed by atoms with Crippen molar-refractivity contribution in [3.63, 3.8) is 0 Å². The largest absolute Gasteiger partial charge is 0.488 e. The fourth-order valence-corrected chi connectivity index (χ4v) is 2.32. The number of hydrogen-bond acceptors (Lipinski definition) is 2. The summed E-state index contributed by atoms with van der Waals surface area (Å²) in [4.78, 5) is 12.0. The zero-order chi connectivity index (χ0) is 13.2. The normalized spacial score (nSPS) is 13.5. The zero-order valence-corrected chi connectivity index (χ0v) is 10.6. The first-order valence-electron chi connectivity index (χ1n) is 6.27. The first-order valence-corrected chi connectivity index (χ1v) is 6.27. The second kappa shape index (κ2) is 4.73. The second-order valence-corrected chi connectivity index (χ2v) is 4.67. The highest BCUT2D eigenvalue weighted by Gasteiger charge is 2.26. The summed E-state index contributed by atoms with van der Waals surface area (Å²) >= 11 is 0. The van der Waals surface area contributed by atoms with Crippen molar-refractivity contribution in [2.75, 3.05) is 0 Å². The summed E-state index contributed by atoms with van der Waals surface area (Å²) in [5.74, 6) is 0.670. The summed E-state index contributed by atoms with van der Waals surface area (Å²) in [5.41, 5.74) is 3.43. The molecule has 19 heavy (non-hydrogen) atoms. The molecule has 0 amide bonds. The van der Waals surface area contributed by atoms with Crippen LogP contribution in [0.1, 0.15) is 21.5 Å². The van der Waals surface area contributed by atoms with Crippen LogP contribution >= 0.6 is 0 Å². The highest BCUT2D eigenvalue weighted by Crippen LogP contribution is 2.33. The SMILES string of the molecule is C=C1Cc2cccc(OCc3ccccc3)c2C1=O. The van der Waals surface area contributed by atoms with Gasteiger partial charge >= 0.3 is 0 Å². The average Bonchev–Trinajstić information content (AvgIpc) is 2.74. The lowest BCUT2D eigenvalue weighted by molar-refractivity contribution is 0.103. The van der Waals surface area contributed by atoms with Gasteiger partial charge in [0.05, 0.1) is 5.56 Å². The second-order valence-electron chi connectivity index (χ2n) is 4.67. The molecule has 1 aliphatic carbocycles. The van der Waals surface area contributed by atoms with Gasteiger partial charge in [0, 0.05) is 6.42 Å². The van der Waals surface area contributed by atoms with Gasteiger partial charge in [-0.2, -0.15) is 0 Å². The summed E-state index contributed by atoms with van der Waals surface area (Å²) in [6.45, 7) is 4.27. The molecule has 2 aromatic rings. The standard InChI is InChI=1S/C17H14O2/c1-12-10-14-8-5-9-15(16(14)17(12)18)19-11-13-6-3-2-4-7-13/h2-9H,1,10-11H2. The molecule has 94 valence electrons. The van der Waals surface area contributed by atoms with Gasteiger partial charge in [-0.25, -0.2) is 0 Å². The van der Waals surface area contributed by atoms with E-state index in [1.54, 1.807) is 0 Å². The fourth-order valence-electron chi connectivity index (χ4n) is 2.32. The summed E-state index contributed by atoms with van der Waals surface area (Å²) in [5, 5.41) is 0. The minimum atomic E-state index is 0.0126. The van der Waals surface area contributed by atoms with E-state index in [-0.39, 0.29) is 5.78 Å². The van der Waals surface area contributed by atoms with Crippen molar-refractivity contribution in [3.05, 3.63) is 77.4 Å². The number of ketones is 1. The molecule has 0 bridgehead atoms. The van der Waals surface area contributed by atoms with Gasteiger partial charge < -0.3 is 4.74 Å². The minimum absolute atomic E-state index is 0.0126. The lowest BCUT2D eigenvalue weighted by Gasteiger charge is -2.09. The van der Waals surface area contributed by atoms with Crippen LogP contribution in [0.4, 0.5) is 0 Å². The Bertz CT molecular complexity index is 642. The summed E-state index contributed by atoms with van der Waals surface area (Å²) in [6, 6.07) is 15.7. The van der Waals surface area contributed by atoms with Gasteiger partial charge in [-0.3, -0.25) is 4.79 Å². The van der Waals surface area contributed by atoms with Crippen LogP contribution in [-0.2, 0) is 13.0 Å². The molecule has 0 fully saturated rings. The third-order valence-electron chi connectivity index (χ3n) is 3.30. The summed E-state index contributed by atoms with van der Waals surface area (Å²) < 4.78 is 5.79. The predicted molar refractivity (Wildman–Crippen MR) is 74.4 cm³/mol. The van der Waals surface area contributed by atoms with Gasteiger partial charge in [-0.15, -0.1) is 0 Å². The third kappa shape index (κ3) is 2.17. The Balaban J connectivity index is 1.86. The lowest BCUT2D eigenvalue weighted by atomic mass is 10.1. The van der Waals surface area contributed by atoms with Crippen LogP contribution in [0.2, 0.25) is 0 Å². The number of fused-ring (bicyclic) bond motifs is 1. The zero-order valence-electron chi connectivity index (χ0n) is 10.6. The molecule has 0 radical (unpaired) electrons. The molecule has 3 rings (SSSR count). The molecular formula is C17H14O2. The molecule has 0 saturated carbocycles. The number of carbonyl (C=O) groups excluding carboxylic acids is 1. The molecule has 2 heteroatoms. The molecule has 0 aromatic heterocycles. The van der Waals surface area contributed by atoms with E-state index in [0.717, 1.165) is 11.1 Å². The molecule has 0 spiro atoms. The smallest absolute Gasteiger partial charge is 0.192 e. The Morgan fingerprint density at radius 2 is 1.84 bits per heavy atom. The maximum atomic E-state index is 12.0. The number of ether oxygens (including phenoxy) is 1. The maximum absolute atomic E-state index is 12.0. The topological polar surface area (TPSA) is 26.3 Å². The van der Waals surface area contributed by atoms with E-state index in [2.05, 4.69) is 6.58 Å². The molecule has 2 aromatic carbocycles. The average molecular weight is 250 g/mol. The number of allylic oxidation sites excluding steroid dienone is 1. The van der Waals surface area contributed by atoms with Gasteiger partial charge in [0.1, 0.15) is 12.4 Å². The van der Waals surface area contributed by atoms with Crippen LogP contribution < -0.4 is 4.74 Å². The molecule has 0 heterocycles. The van der Waals surface area contributed by atoms with Gasteiger partial charge in [-0.05, 0) is 22.8 Å². The number of carbonyl (C=O) groups is 1. The summed E-state index contributed by atoms with van der Waals surface area (Å²) in [7, 11) is 0. The molecular weight excluding hydrogens is 236 g/mol. The first-order chi connectivity index (χ1) is 9.25. The molecule has 2 nitrogen and oxygen atoms in total. The van der Waals surface area contributed by atoms with Gasteiger partial charge in [0.15, 0.2) is 5.78 Å². The Morgan fingerprint density at radius 3 is 2.63 bits per heavy atom. The van der Waals surface area contributed by atoms with Crippen molar-refractivity contribution in [1.82, 2.24) is 0 Å². The Morgan fingerprint density at radius 1 is 1.05 bits per heavy atom. The third-order valence-corrected chi connectivity index (χ3v) is 3.30. The molecule has 0 aliphatic heterocycles. The Labute approximate surface area is 112 Å². The van der Waals surface area contributed by atoms with E-state index in [1.807, 2.05) is 48.5 Å². The van der Waals surface area contributed by atoms with Gasteiger partial charge in [0.25, 0.3) is 0 Å². The molecule has 0 saturated heterocycles. The Hall–Kier alpha value is -2.35. The van der Waals surface area contributed by atoms with Crippen LogP contribution in [0.25, 0.3) is 0 Å². The van der Waals surface area contributed by atoms with E-state index in [4.69, 9.17) is 4.74 Å². The minimum Gasteiger partial charge on any atom is -0.488 e. The number of rotatable bonds is 3. The van der Waals surface area contributed by atoms with Crippen molar-refractivity contribution >= 4 is 5.78 Å². The molecule has 0 atom stereocenters. The van der Waals surface area contributed by atoms with E-state index >= 15 is 0 Å². The van der Waals surface area contributed by atoms with E-state index in [9.17, 15) is 4.79 Å². The van der Waals surface area contributed by atoms with Gasteiger partial charge in [-0.1, -0.05) is 49.0 Å². The van der Waals surface area contributed by atoms with Crippen molar-refractivity contribution in [3.8, 4) is 5.75 Å². The maximum Gasteiger partial charge on any atom is 0.192 e. The molecule has 1 aliphatic rings. The van der Waals surface area contributed by atoms with Gasteiger partial charge in [0.2, 0.25) is 0 Å². The number of hydrogen-bond donors (Lipinski definition) is 0. The monoisotopic (exact) mass is 250 g/mol. The number of Topliss-reactive ketones (excluding diaryl/α,β-unsaturated/α-hetero) is 1. The lowest BCUT2D eigenvalue weighted by Crippen LogP contribution is -2.02. The van der Waals surface area contributed by atoms with Crippen molar-refractivity contribution < 1.29 is 9.53 Å². The first kappa shape index (κ1) is 11.7. The summed E-state index contributed by atoms with van der Waals surface area (Å²) in [6.07, 6.45) is 0.636. The van der Waals surface area contributed by atoms with Crippen LogP contribution in [0.3, 0.4) is 0 Å². The van der Waals surface area contributed by atoms with Crippen molar-refractivity contribution in [2.45, 2.75) is 13.0 Å². The Kier molecular flexibility index (Phi) is 2.92. The molecule has 0 unspecified atom stereocenters. The van der Waals surface area contributed by atoms with Crippen LogP contribution in [0, 0.1) is 0 Å². The van der Waals surface area contributed by atoms with Crippen LogP contribution in [0.5, 0.6) is 5.75 Å². The van der Waals surface area contributed by atoms with Crippen molar-refractivity contribution in [2.24, 2.45) is 0 Å².